The van der Waals surface area contributed by atoms with E-state index >= 15 is 0 Å². The zero-order valence-corrected chi connectivity index (χ0v) is 9.81. The lowest BCUT2D eigenvalue weighted by Crippen LogP contribution is -2.40. The highest BCUT2D eigenvalue weighted by atomic mass is 16.4. The summed E-state index contributed by atoms with van der Waals surface area (Å²) in [5.41, 5.74) is 5.99. The molecular weight excluding hydrogens is 220 g/mol. The van der Waals surface area contributed by atoms with Crippen molar-refractivity contribution in [1.29, 1.82) is 0 Å². The summed E-state index contributed by atoms with van der Waals surface area (Å²) in [4.78, 5) is 22.6. The third kappa shape index (κ3) is 3.29. The number of rotatable bonds is 4. The predicted octanol–water partition coefficient (Wildman–Crippen LogP) is 1.31. The van der Waals surface area contributed by atoms with Crippen molar-refractivity contribution in [3.63, 3.8) is 0 Å². The number of nitrogens with two attached hydrogens (primary N) is 1. The molecule has 5 heteroatoms. The molecule has 0 saturated carbocycles. The van der Waals surface area contributed by atoms with Crippen LogP contribution in [0.2, 0.25) is 0 Å². The van der Waals surface area contributed by atoms with Gasteiger partial charge in [-0.15, -0.1) is 0 Å². The Morgan fingerprint density at radius 1 is 1.29 bits per heavy atom. The SMILES string of the molecule is CC(C)[C@@H](N)C(=O)Nc1ccccc1C(=O)O. The minimum atomic E-state index is -1.08. The van der Waals surface area contributed by atoms with Gasteiger partial charge in [-0.3, -0.25) is 4.79 Å². The van der Waals surface area contributed by atoms with E-state index in [-0.39, 0.29) is 23.1 Å². The summed E-state index contributed by atoms with van der Waals surface area (Å²) in [6.07, 6.45) is 0. The average Bonchev–Trinajstić information content (AvgIpc) is 2.28. The lowest BCUT2D eigenvalue weighted by atomic mass is 10.0. The Hall–Kier alpha value is -1.88. The van der Waals surface area contributed by atoms with Gasteiger partial charge in [0.1, 0.15) is 0 Å². The first-order valence-corrected chi connectivity index (χ1v) is 5.32. The van der Waals surface area contributed by atoms with Crippen LogP contribution in [-0.4, -0.2) is 23.0 Å². The minimum absolute atomic E-state index is 0.00742. The zero-order valence-electron chi connectivity index (χ0n) is 9.81. The van der Waals surface area contributed by atoms with Crippen molar-refractivity contribution in [2.24, 2.45) is 11.7 Å². The fraction of sp³-hybridized carbons (Fsp3) is 0.333. The van der Waals surface area contributed by atoms with E-state index in [0.717, 1.165) is 0 Å². The Balaban J connectivity index is 2.89. The first kappa shape index (κ1) is 13.2. The molecule has 0 aliphatic rings. The molecule has 1 amide bonds. The maximum absolute atomic E-state index is 11.7. The van der Waals surface area contributed by atoms with Gasteiger partial charge in [-0.25, -0.2) is 4.79 Å². The lowest BCUT2D eigenvalue weighted by Gasteiger charge is -2.16. The Kier molecular flexibility index (Phi) is 4.23. The monoisotopic (exact) mass is 236 g/mol. The molecule has 0 spiro atoms. The Labute approximate surface area is 99.6 Å². The number of nitrogens with one attached hydrogen (secondary N) is 1. The number of carboxylic acid groups (broad SMARTS) is 1. The number of hydrogen-bond donors (Lipinski definition) is 3. The number of benzene rings is 1. The summed E-state index contributed by atoms with van der Waals surface area (Å²) in [5, 5.41) is 11.5. The van der Waals surface area contributed by atoms with Gasteiger partial charge >= 0.3 is 5.97 Å². The fourth-order valence-corrected chi connectivity index (χ4v) is 1.30. The number of aromatic carboxylic acids is 1. The van der Waals surface area contributed by atoms with Gasteiger partial charge < -0.3 is 16.2 Å². The topological polar surface area (TPSA) is 92.4 Å². The van der Waals surface area contributed by atoms with Crippen LogP contribution in [0.25, 0.3) is 0 Å². The molecule has 17 heavy (non-hydrogen) atoms. The molecular formula is C12H16N2O3. The summed E-state index contributed by atoms with van der Waals surface area (Å²) in [5.74, 6) is -1.47. The molecule has 0 aromatic heterocycles. The molecule has 1 aromatic carbocycles. The Morgan fingerprint density at radius 2 is 1.88 bits per heavy atom. The minimum Gasteiger partial charge on any atom is -0.478 e. The van der Waals surface area contributed by atoms with Crippen LogP contribution in [-0.2, 0) is 4.79 Å². The number of amides is 1. The van der Waals surface area contributed by atoms with Gasteiger partial charge in [-0.1, -0.05) is 26.0 Å². The van der Waals surface area contributed by atoms with E-state index in [2.05, 4.69) is 5.32 Å². The number of carbonyl (C=O) groups is 2. The van der Waals surface area contributed by atoms with Crippen molar-refractivity contribution in [2.75, 3.05) is 5.32 Å². The fourth-order valence-electron chi connectivity index (χ4n) is 1.30. The molecule has 92 valence electrons. The van der Waals surface area contributed by atoms with Crippen LogP contribution in [0.4, 0.5) is 5.69 Å². The summed E-state index contributed by atoms with van der Waals surface area (Å²) in [7, 11) is 0. The molecule has 4 N–H and O–H groups in total. The highest BCUT2D eigenvalue weighted by molar-refractivity contribution is 6.02. The number of para-hydroxylation sites is 1. The third-order valence-electron chi connectivity index (χ3n) is 2.44. The molecule has 0 bridgehead atoms. The predicted molar refractivity (Wildman–Crippen MR) is 64.8 cm³/mol. The molecule has 0 aliphatic heterocycles. The summed E-state index contributed by atoms with van der Waals surface area (Å²) >= 11 is 0. The quantitative estimate of drug-likeness (QED) is 0.734. The molecule has 5 nitrogen and oxygen atoms in total. The van der Waals surface area contributed by atoms with Gasteiger partial charge in [0.15, 0.2) is 0 Å². The largest absolute Gasteiger partial charge is 0.478 e. The van der Waals surface area contributed by atoms with Crippen LogP contribution >= 0.6 is 0 Å². The van der Waals surface area contributed by atoms with E-state index < -0.39 is 12.0 Å². The van der Waals surface area contributed by atoms with E-state index in [0.29, 0.717) is 0 Å². The highest BCUT2D eigenvalue weighted by Crippen LogP contribution is 2.15. The Bertz CT molecular complexity index is 430. The number of carbonyl (C=O) groups excluding carboxylic acids is 1. The van der Waals surface area contributed by atoms with E-state index in [9.17, 15) is 9.59 Å². The van der Waals surface area contributed by atoms with Crippen molar-refractivity contribution in [3.05, 3.63) is 29.8 Å². The van der Waals surface area contributed by atoms with Crippen LogP contribution in [0.3, 0.4) is 0 Å². The number of hydrogen-bond acceptors (Lipinski definition) is 3. The molecule has 1 atom stereocenters. The van der Waals surface area contributed by atoms with Gasteiger partial charge in [0, 0.05) is 0 Å². The first-order chi connectivity index (χ1) is 7.93. The van der Waals surface area contributed by atoms with Gasteiger partial charge in [0.05, 0.1) is 17.3 Å². The standard InChI is InChI=1S/C12H16N2O3/c1-7(2)10(13)11(15)14-9-6-4-3-5-8(9)12(16)17/h3-7,10H,13H2,1-2H3,(H,14,15)(H,16,17)/t10-/m1/s1. The summed E-state index contributed by atoms with van der Waals surface area (Å²) in [6, 6.07) is 5.56. The van der Waals surface area contributed by atoms with E-state index in [1.54, 1.807) is 12.1 Å². The molecule has 0 saturated heterocycles. The second-order valence-corrected chi connectivity index (χ2v) is 4.11. The van der Waals surface area contributed by atoms with Gasteiger partial charge in [-0.05, 0) is 18.1 Å². The zero-order chi connectivity index (χ0) is 13.0. The van der Waals surface area contributed by atoms with Crippen molar-refractivity contribution in [3.8, 4) is 0 Å². The first-order valence-electron chi connectivity index (χ1n) is 5.32. The van der Waals surface area contributed by atoms with Gasteiger partial charge in [0.25, 0.3) is 0 Å². The molecule has 0 fully saturated rings. The van der Waals surface area contributed by atoms with E-state index in [4.69, 9.17) is 10.8 Å². The van der Waals surface area contributed by atoms with Crippen LogP contribution in [0.1, 0.15) is 24.2 Å². The molecule has 0 aliphatic carbocycles. The number of anilines is 1. The van der Waals surface area contributed by atoms with Crippen molar-refractivity contribution in [2.45, 2.75) is 19.9 Å². The van der Waals surface area contributed by atoms with Crippen LogP contribution in [0.15, 0.2) is 24.3 Å². The van der Waals surface area contributed by atoms with Crippen molar-refractivity contribution in [1.82, 2.24) is 0 Å². The van der Waals surface area contributed by atoms with Gasteiger partial charge in [-0.2, -0.15) is 0 Å². The summed E-state index contributed by atoms with van der Waals surface area (Å²) < 4.78 is 0. The average molecular weight is 236 g/mol. The normalized spacial score (nSPS) is 12.2. The molecule has 0 radical (unpaired) electrons. The molecule has 1 rings (SSSR count). The van der Waals surface area contributed by atoms with Crippen LogP contribution < -0.4 is 11.1 Å². The second kappa shape index (κ2) is 5.45. The second-order valence-electron chi connectivity index (χ2n) is 4.11. The van der Waals surface area contributed by atoms with Crippen LogP contribution in [0, 0.1) is 5.92 Å². The van der Waals surface area contributed by atoms with Crippen molar-refractivity contribution < 1.29 is 14.7 Å². The van der Waals surface area contributed by atoms with Crippen LogP contribution in [0.5, 0.6) is 0 Å². The molecule has 0 heterocycles. The Morgan fingerprint density at radius 3 is 2.41 bits per heavy atom. The molecule has 0 unspecified atom stereocenters. The third-order valence-corrected chi connectivity index (χ3v) is 2.44. The maximum Gasteiger partial charge on any atom is 0.337 e. The van der Waals surface area contributed by atoms with E-state index in [1.165, 1.54) is 12.1 Å². The smallest absolute Gasteiger partial charge is 0.337 e. The summed E-state index contributed by atoms with van der Waals surface area (Å²) in [6.45, 7) is 3.65. The number of carboxylic acids is 1. The lowest BCUT2D eigenvalue weighted by molar-refractivity contribution is -0.118. The van der Waals surface area contributed by atoms with E-state index in [1.807, 2.05) is 13.8 Å². The van der Waals surface area contributed by atoms with Gasteiger partial charge in [0.2, 0.25) is 5.91 Å². The molecule has 1 aromatic rings. The highest BCUT2D eigenvalue weighted by Gasteiger charge is 2.19. The maximum atomic E-state index is 11.7. The van der Waals surface area contributed by atoms with Crippen molar-refractivity contribution >= 4 is 17.6 Å².